The summed E-state index contributed by atoms with van der Waals surface area (Å²) in [6, 6.07) is 0.0953. The van der Waals surface area contributed by atoms with Gasteiger partial charge in [0.25, 0.3) is 0 Å². The molecule has 0 radical (unpaired) electrons. The van der Waals surface area contributed by atoms with Crippen LogP contribution < -0.4 is 5.32 Å². The van der Waals surface area contributed by atoms with Gasteiger partial charge >= 0.3 is 6.03 Å². The number of rotatable bonds is 6. The normalized spacial score (nSPS) is 18.5. The molecular formula is C15H27N5O. The van der Waals surface area contributed by atoms with Crippen LogP contribution in [0.5, 0.6) is 0 Å². The standard InChI is InChI=1S/C15H27N5O/c1-4-5-8-16-15(21)20-9-6-7-13(20)14-18-17-11-19(14)10-12(2)3/h11-13H,4-10H2,1-3H3,(H,16,21)/t13-/m0/s1. The predicted octanol–water partition coefficient (Wildman–Crippen LogP) is 2.58. The van der Waals surface area contributed by atoms with Crippen molar-refractivity contribution < 1.29 is 4.79 Å². The molecule has 1 aliphatic heterocycles. The minimum atomic E-state index is 0.0325. The van der Waals surface area contributed by atoms with Crippen LogP contribution >= 0.6 is 0 Å². The van der Waals surface area contributed by atoms with Gasteiger partial charge in [-0.15, -0.1) is 10.2 Å². The molecule has 118 valence electrons. The number of urea groups is 1. The second-order valence-electron chi connectivity index (χ2n) is 6.17. The molecule has 0 spiro atoms. The molecule has 0 aromatic carbocycles. The zero-order chi connectivity index (χ0) is 15.2. The van der Waals surface area contributed by atoms with Gasteiger partial charge in [0, 0.05) is 19.6 Å². The van der Waals surface area contributed by atoms with E-state index < -0.39 is 0 Å². The molecule has 1 aromatic heterocycles. The Hall–Kier alpha value is -1.59. The molecule has 1 N–H and O–H groups in total. The van der Waals surface area contributed by atoms with Gasteiger partial charge in [-0.3, -0.25) is 0 Å². The SMILES string of the molecule is CCCCNC(=O)N1CCC[C@H]1c1nncn1CC(C)C. The molecule has 0 unspecified atom stereocenters. The van der Waals surface area contributed by atoms with Gasteiger partial charge in [0.05, 0.1) is 6.04 Å². The average Bonchev–Trinajstić information content (AvgIpc) is 3.06. The van der Waals surface area contributed by atoms with E-state index in [1.54, 1.807) is 6.33 Å². The molecule has 2 heterocycles. The number of unbranched alkanes of at least 4 members (excludes halogenated alkanes) is 1. The van der Waals surface area contributed by atoms with Gasteiger partial charge in [0.2, 0.25) is 0 Å². The number of carbonyl (C=O) groups excluding carboxylic acids is 1. The Kier molecular flexibility index (Phi) is 5.59. The lowest BCUT2D eigenvalue weighted by Crippen LogP contribution is -2.40. The lowest BCUT2D eigenvalue weighted by molar-refractivity contribution is 0.189. The van der Waals surface area contributed by atoms with E-state index in [2.05, 4.69) is 40.9 Å². The first-order valence-electron chi connectivity index (χ1n) is 8.05. The maximum atomic E-state index is 12.3. The highest BCUT2D eigenvalue weighted by molar-refractivity contribution is 5.74. The third kappa shape index (κ3) is 3.95. The van der Waals surface area contributed by atoms with Gasteiger partial charge < -0.3 is 14.8 Å². The summed E-state index contributed by atoms with van der Waals surface area (Å²) >= 11 is 0. The average molecular weight is 293 g/mol. The van der Waals surface area contributed by atoms with Crippen molar-refractivity contribution >= 4 is 6.03 Å². The van der Waals surface area contributed by atoms with Gasteiger partial charge in [-0.05, 0) is 25.2 Å². The number of hydrogen-bond acceptors (Lipinski definition) is 3. The number of amides is 2. The van der Waals surface area contributed by atoms with Crippen LogP contribution in [0.1, 0.15) is 58.3 Å². The van der Waals surface area contributed by atoms with Gasteiger partial charge in [-0.25, -0.2) is 4.79 Å². The third-order valence-electron chi connectivity index (χ3n) is 3.83. The highest BCUT2D eigenvalue weighted by atomic mass is 16.2. The molecule has 0 bridgehead atoms. The molecule has 6 nitrogen and oxygen atoms in total. The summed E-state index contributed by atoms with van der Waals surface area (Å²) in [5.41, 5.74) is 0. The van der Waals surface area contributed by atoms with Gasteiger partial charge in [-0.1, -0.05) is 27.2 Å². The van der Waals surface area contributed by atoms with Crippen LogP contribution in [-0.4, -0.2) is 38.8 Å². The lowest BCUT2D eigenvalue weighted by atomic mass is 10.2. The lowest BCUT2D eigenvalue weighted by Gasteiger charge is -2.25. The van der Waals surface area contributed by atoms with Crippen LogP contribution in [0.2, 0.25) is 0 Å². The van der Waals surface area contributed by atoms with Crippen molar-refractivity contribution in [2.75, 3.05) is 13.1 Å². The van der Waals surface area contributed by atoms with E-state index in [9.17, 15) is 4.79 Å². The maximum absolute atomic E-state index is 12.3. The summed E-state index contributed by atoms with van der Waals surface area (Å²) in [6.07, 6.45) is 5.89. The molecule has 6 heteroatoms. The van der Waals surface area contributed by atoms with Gasteiger partial charge in [-0.2, -0.15) is 0 Å². The van der Waals surface area contributed by atoms with Crippen molar-refractivity contribution in [3.8, 4) is 0 Å². The fraction of sp³-hybridized carbons (Fsp3) is 0.800. The third-order valence-corrected chi connectivity index (χ3v) is 3.83. The number of aromatic nitrogens is 3. The Balaban J connectivity index is 2.04. The number of hydrogen-bond donors (Lipinski definition) is 1. The summed E-state index contributed by atoms with van der Waals surface area (Å²) in [5.74, 6) is 1.46. The fourth-order valence-electron chi connectivity index (χ4n) is 2.81. The maximum Gasteiger partial charge on any atom is 0.318 e. The van der Waals surface area contributed by atoms with Crippen molar-refractivity contribution in [2.45, 2.75) is 59.0 Å². The Morgan fingerprint density at radius 1 is 1.52 bits per heavy atom. The number of nitrogens with one attached hydrogen (secondary N) is 1. The molecule has 1 saturated heterocycles. The molecule has 1 aromatic rings. The van der Waals surface area contributed by atoms with E-state index in [-0.39, 0.29) is 12.1 Å². The number of likely N-dealkylation sites (tertiary alicyclic amines) is 1. The minimum absolute atomic E-state index is 0.0325. The second kappa shape index (κ2) is 7.43. The predicted molar refractivity (Wildman–Crippen MR) is 81.8 cm³/mol. The largest absolute Gasteiger partial charge is 0.338 e. The van der Waals surface area contributed by atoms with E-state index in [1.807, 2.05) is 4.90 Å². The smallest absolute Gasteiger partial charge is 0.318 e. The van der Waals surface area contributed by atoms with E-state index in [4.69, 9.17) is 0 Å². The van der Waals surface area contributed by atoms with Crippen molar-refractivity contribution in [1.82, 2.24) is 25.0 Å². The Morgan fingerprint density at radius 3 is 3.05 bits per heavy atom. The summed E-state index contributed by atoms with van der Waals surface area (Å²) < 4.78 is 2.09. The number of nitrogens with zero attached hydrogens (tertiary/aromatic N) is 4. The summed E-state index contributed by atoms with van der Waals surface area (Å²) in [6.45, 7) is 8.92. The monoisotopic (exact) mass is 293 g/mol. The minimum Gasteiger partial charge on any atom is -0.338 e. The first-order chi connectivity index (χ1) is 10.1. The molecule has 21 heavy (non-hydrogen) atoms. The zero-order valence-corrected chi connectivity index (χ0v) is 13.4. The Morgan fingerprint density at radius 2 is 2.33 bits per heavy atom. The molecule has 1 atom stereocenters. The highest BCUT2D eigenvalue weighted by Gasteiger charge is 2.33. The second-order valence-corrected chi connectivity index (χ2v) is 6.17. The van der Waals surface area contributed by atoms with Crippen LogP contribution in [-0.2, 0) is 6.54 Å². The zero-order valence-electron chi connectivity index (χ0n) is 13.4. The van der Waals surface area contributed by atoms with Crippen LogP contribution in [0.25, 0.3) is 0 Å². The van der Waals surface area contributed by atoms with E-state index in [0.717, 1.165) is 51.1 Å². The van der Waals surface area contributed by atoms with Crippen molar-refractivity contribution in [2.24, 2.45) is 5.92 Å². The molecule has 1 aliphatic rings. The Labute approximate surface area is 126 Å². The fourth-order valence-corrected chi connectivity index (χ4v) is 2.81. The molecule has 2 amide bonds. The molecular weight excluding hydrogens is 266 g/mol. The highest BCUT2D eigenvalue weighted by Crippen LogP contribution is 2.30. The first-order valence-corrected chi connectivity index (χ1v) is 8.05. The summed E-state index contributed by atoms with van der Waals surface area (Å²) in [5, 5.41) is 11.3. The van der Waals surface area contributed by atoms with Crippen LogP contribution in [0.3, 0.4) is 0 Å². The van der Waals surface area contributed by atoms with E-state index in [0.29, 0.717) is 5.92 Å². The van der Waals surface area contributed by atoms with Crippen molar-refractivity contribution in [3.05, 3.63) is 12.2 Å². The van der Waals surface area contributed by atoms with Crippen LogP contribution in [0, 0.1) is 5.92 Å². The molecule has 0 saturated carbocycles. The van der Waals surface area contributed by atoms with Crippen molar-refractivity contribution in [1.29, 1.82) is 0 Å². The van der Waals surface area contributed by atoms with Gasteiger partial charge in [0.15, 0.2) is 5.82 Å². The molecule has 0 aliphatic carbocycles. The van der Waals surface area contributed by atoms with E-state index in [1.165, 1.54) is 0 Å². The van der Waals surface area contributed by atoms with Crippen LogP contribution in [0.15, 0.2) is 6.33 Å². The molecule has 2 rings (SSSR count). The Bertz CT molecular complexity index is 457. The summed E-state index contributed by atoms with van der Waals surface area (Å²) in [4.78, 5) is 14.2. The van der Waals surface area contributed by atoms with Crippen LogP contribution in [0.4, 0.5) is 4.79 Å². The van der Waals surface area contributed by atoms with Crippen molar-refractivity contribution in [3.63, 3.8) is 0 Å². The topological polar surface area (TPSA) is 63.1 Å². The summed E-state index contributed by atoms with van der Waals surface area (Å²) in [7, 11) is 0. The molecule has 1 fully saturated rings. The number of carbonyl (C=O) groups is 1. The quantitative estimate of drug-likeness (QED) is 0.820. The van der Waals surface area contributed by atoms with Gasteiger partial charge in [0.1, 0.15) is 6.33 Å². The first kappa shape index (κ1) is 15.8. The van der Waals surface area contributed by atoms with E-state index >= 15 is 0 Å².